The number of hydrogen-bond donors (Lipinski definition) is 1. The summed E-state index contributed by atoms with van der Waals surface area (Å²) in [5.41, 5.74) is 0. The van der Waals surface area contributed by atoms with E-state index in [1.807, 2.05) is 0 Å². The van der Waals surface area contributed by atoms with Gasteiger partial charge in [0.15, 0.2) is 0 Å². The molecule has 0 radical (unpaired) electrons. The summed E-state index contributed by atoms with van der Waals surface area (Å²) in [5.74, 6) is 1.89. The minimum atomic E-state index is 0.391. The van der Waals surface area contributed by atoms with Crippen molar-refractivity contribution in [1.82, 2.24) is 10.2 Å². The summed E-state index contributed by atoms with van der Waals surface area (Å²) in [6.07, 6.45) is 8.25. The number of hydrogen-bond acceptors (Lipinski definition) is 2. The molecule has 0 aromatic carbocycles. The van der Waals surface area contributed by atoms with Gasteiger partial charge in [0.1, 0.15) is 0 Å². The Morgan fingerprint density at radius 1 is 1.26 bits per heavy atom. The van der Waals surface area contributed by atoms with Crippen molar-refractivity contribution in [2.75, 3.05) is 19.6 Å². The molecule has 3 unspecified atom stereocenters. The van der Waals surface area contributed by atoms with Crippen molar-refractivity contribution in [3.8, 4) is 0 Å². The Hall–Kier alpha value is -0.570. The first-order chi connectivity index (χ1) is 9.20. The Morgan fingerprint density at radius 2 is 2.11 bits per heavy atom. The quantitative estimate of drug-likeness (QED) is 0.830. The van der Waals surface area contributed by atoms with Crippen LogP contribution in [0.1, 0.15) is 58.8 Å². The summed E-state index contributed by atoms with van der Waals surface area (Å²) in [6.45, 7) is 7.50. The van der Waals surface area contributed by atoms with Gasteiger partial charge in [-0.2, -0.15) is 0 Å². The van der Waals surface area contributed by atoms with Gasteiger partial charge in [-0.15, -0.1) is 0 Å². The summed E-state index contributed by atoms with van der Waals surface area (Å²) >= 11 is 0. The second kappa shape index (κ2) is 7.28. The van der Waals surface area contributed by atoms with E-state index in [0.29, 0.717) is 11.9 Å². The predicted molar refractivity (Wildman–Crippen MR) is 79.0 cm³/mol. The zero-order chi connectivity index (χ0) is 13.7. The third kappa shape index (κ3) is 4.20. The van der Waals surface area contributed by atoms with E-state index in [2.05, 4.69) is 24.1 Å². The molecule has 0 bridgehead atoms. The molecule has 3 heteroatoms. The van der Waals surface area contributed by atoms with Crippen LogP contribution in [0, 0.1) is 11.8 Å². The fourth-order valence-corrected chi connectivity index (χ4v) is 3.64. The lowest BCUT2D eigenvalue weighted by molar-refractivity contribution is -0.130. The Morgan fingerprint density at radius 3 is 2.89 bits per heavy atom. The van der Waals surface area contributed by atoms with E-state index in [1.165, 1.54) is 32.1 Å². The summed E-state index contributed by atoms with van der Waals surface area (Å²) in [4.78, 5) is 14.2. The fraction of sp³-hybridized carbons (Fsp3) is 0.938. The SMILES string of the molecule is CCNC1CCCC1CCN1CCC(C)CCC1=O. The summed E-state index contributed by atoms with van der Waals surface area (Å²) in [6, 6.07) is 0.700. The zero-order valence-corrected chi connectivity index (χ0v) is 12.7. The van der Waals surface area contributed by atoms with Gasteiger partial charge in [0.25, 0.3) is 0 Å². The molecule has 1 amide bonds. The number of carbonyl (C=O) groups is 1. The third-order valence-corrected chi connectivity index (χ3v) is 4.99. The van der Waals surface area contributed by atoms with E-state index in [-0.39, 0.29) is 0 Å². The van der Waals surface area contributed by atoms with Crippen LogP contribution >= 0.6 is 0 Å². The number of amides is 1. The molecule has 0 aromatic rings. The molecule has 2 fully saturated rings. The van der Waals surface area contributed by atoms with Gasteiger partial charge in [0.2, 0.25) is 5.91 Å². The molecule has 1 heterocycles. The van der Waals surface area contributed by atoms with Crippen LogP contribution in [0.4, 0.5) is 0 Å². The molecular weight excluding hydrogens is 236 g/mol. The second-order valence-corrected chi connectivity index (χ2v) is 6.46. The summed E-state index contributed by atoms with van der Waals surface area (Å²) < 4.78 is 0. The van der Waals surface area contributed by atoms with Crippen molar-refractivity contribution in [3.05, 3.63) is 0 Å². The van der Waals surface area contributed by atoms with E-state index in [9.17, 15) is 4.79 Å². The van der Waals surface area contributed by atoms with Gasteiger partial charge in [-0.1, -0.05) is 20.3 Å². The first kappa shape index (κ1) is 14.8. The molecule has 1 aliphatic heterocycles. The minimum Gasteiger partial charge on any atom is -0.343 e. The molecule has 1 N–H and O–H groups in total. The number of rotatable bonds is 5. The average molecular weight is 266 g/mol. The lowest BCUT2D eigenvalue weighted by Crippen LogP contribution is -2.36. The lowest BCUT2D eigenvalue weighted by atomic mass is 9.99. The standard InChI is InChI=1S/C16H30N2O/c1-3-17-15-6-4-5-14(15)10-12-18-11-9-13(2)7-8-16(18)19/h13-15,17H,3-12H2,1-2H3. The van der Waals surface area contributed by atoms with Crippen LogP contribution in [-0.2, 0) is 4.79 Å². The highest BCUT2D eigenvalue weighted by atomic mass is 16.2. The van der Waals surface area contributed by atoms with E-state index in [1.54, 1.807) is 0 Å². The van der Waals surface area contributed by atoms with Crippen molar-refractivity contribution in [2.24, 2.45) is 11.8 Å². The molecule has 1 aliphatic carbocycles. The Labute approximate surface area is 118 Å². The smallest absolute Gasteiger partial charge is 0.222 e. The van der Waals surface area contributed by atoms with Crippen LogP contribution < -0.4 is 5.32 Å². The van der Waals surface area contributed by atoms with Gasteiger partial charge in [0, 0.05) is 25.6 Å². The van der Waals surface area contributed by atoms with Crippen molar-refractivity contribution < 1.29 is 4.79 Å². The lowest BCUT2D eigenvalue weighted by Gasteiger charge is -2.25. The average Bonchev–Trinajstić information content (AvgIpc) is 2.77. The van der Waals surface area contributed by atoms with Gasteiger partial charge in [-0.05, 0) is 50.5 Å². The largest absolute Gasteiger partial charge is 0.343 e. The van der Waals surface area contributed by atoms with Gasteiger partial charge in [0.05, 0.1) is 0 Å². The molecule has 19 heavy (non-hydrogen) atoms. The van der Waals surface area contributed by atoms with E-state index < -0.39 is 0 Å². The Balaban J connectivity index is 1.78. The monoisotopic (exact) mass is 266 g/mol. The summed E-state index contributed by atoms with van der Waals surface area (Å²) in [5, 5.41) is 3.61. The maximum atomic E-state index is 12.1. The zero-order valence-electron chi connectivity index (χ0n) is 12.7. The highest BCUT2D eigenvalue weighted by Crippen LogP contribution is 2.29. The molecule has 1 saturated heterocycles. The van der Waals surface area contributed by atoms with Crippen molar-refractivity contribution in [2.45, 2.75) is 64.8 Å². The van der Waals surface area contributed by atoms with Crippen LogP contribution in [0.2, 0.25) is 0 Å². The molecule has 1 saturated carbocycles. The van der Waals surface area contributed by atoms with E-state index >= 15 is 0 Å². The van der Waals surface area contributed by atoms with Gasteiger partial charge in [-0.25, -0.2) is 0 Å². The highest BCUT2D eigenvalue weighted by molar-refractivity contribution is 5.76. The molecule has 0 spiro atoms. The molecule has 2 aliphatic rings. The van der Waals surface area contributed by atoms with Gasteiger partial charge >= 0.3 is 0 Å². The van der Waals surface area contributed by atoms with Crippen LogP contribution in [0.15, 0.2) is 0 Å². The van der Waals surface area contributed by atoms with Gasteiger partial charge in [-0.3, -0.25) is 4.79 Å². The normalized spacial score (nSPS) is 32.6. The number of nitrogens with zero attached hydrogens (tertiary/aromatic N) is 1. The first-order valence-electron chi connectivity index (χ1n) is 8.22. The number of nitrogens with one attached hydrogen (secondary N) is 1. The predicted octanol–water partition coefficient (Wildman–Crippen LogP) is 2.80. The molecule has 2 rings (SSSR count). The second-order valence-electron chi connectivity index (χ2n) is 6.46. The Bertz CT molecular complexity index is 292. The fourth-order valence-electron chi connectivity index (χ4n) is 3.64. The van der Waals surface area contributed by atoms with Crippen molar-refractivity contribution in [3.63, 3.8) is 0 Å². The van der Waals surface area contributed by atoms with Gasteiger partial charge < -0.3 is 10.2 Å². The van der Waals surface area contributed by atoms with Crippen LogP contribution in [0.5, 0.6) is 0 Å². The minimum absolute atomic E-state index is 0.391. The number of carbonyl (C=O) groups excluding carboxylic acids is 1. The molecule has 0 aromatic heterocycles. The first-order valence-corrected chi connectivity index (χ1v) is 8.22. The molecular formula is C16H30N2O. The van der Waals surface area contributed by atoms with Crippen LogP contribution in [0.25, 0.3) is 0 Å². The Kier molecular flexibility index (Phi) is 5.68. The van der Waals surface area contributed by atoms with Crippen LogP contribution in [0.3, 0.4) is 0 Å². The van der Waals surface area contributed by atoms with E-state index in [0.717, 1.165) is 44.3 Å². The maximum absolute atomic E-state index is 12.1. The van der Waals surface area contributed by atoms with Crippen LogP contribution in [-0.4, -0.2) is 36.5 Å². The highest BCUT2D eigenvalue weighted by Gasteiger charge is 2.28. The topological polar surface area (TPSA) is 32.3 Å². The van der Waals surface area contributed by atoms with Crippen molar-refractivity contribution >= 4 is 5.91 Å². The van der Waals surface area contributed by atoms with Crippen molar-refractivity contribution in [1.29, 1.82) is 0 Å². The molecule has 3 atom stereocenters. The molecule has 110 valence electrons. The molecule has 3 nitrogen and oxygen atoms in total. The van der Waals surface area contributed by atoms with E-state index in [4.69, 9.17) is 0 Å². The number of likely N-dealkylation sites (tertiary alicyclic amines) is 1. The third-order valence-electron chi connectivity index (χ3n) is 4.99. The summed E-state index contributed by atoms with van der Waals surface area (Å²) in [7, 11) is 0. The maximum Gasteiger partial charge on any atom is 0.222 e.